The predicted octanol–water partition coefficient (Wildman–Crippen LogP) is 2.34. The molecular formula is C15H25NO3. The van der Waals surface area contributed by atoms with Crippen molar-refractivity contribution >= 4 is 0 Å². The van der Waals surface area contributed by atoms with Crippen LogP contribution >= 0.6 is 0 Å². The monoisotopic (exact) mass is 267 g/mol. The van der Waals surface area contributed by atoms with Crippen molar-refractivity contribution in [3.63, 3.8) is 0 Å². The molecule has 0 aliphatic heterocycles. The lowest BCUT2D eigenvalue weighted by Gasteiger charge is -2.18. The van der Waals surface area contributed by atoms with Crippen LogP contribution in [0.25, 0.3) is 0 Å². The van der Waals surface area contributed by atoms with Crippen LogP contribution in [0, 0.1) is 0 Å². The lowest BCUT2D eigenvalue weighted by molar-refractivity contribution is 0.0549. The van der Waals surface area contributed by atoms with E-state index in [0.29, 0.717) is 13.0 Å². The highest BCUT2D eigenvalue weighted by Gasteiger charge is 2.13. The van der Waals surface area contributed by atoms with Crippen LogP contribution in [0.4, 0.5) is 0 Å². The molecule has 19 heavy (non-hydrogen) atoms. The van der Waals surface area contributed by atoms with Crippen LogP contribution in [0.2, 0.25) is 0 Å². The Kier molecular flexibility index (Phi) is 6.12. The first-order chi connectivity index (χ1) is 8.96. The zero-order chi connectivity index (χ0) is 14.3. The van der Waals surface area contributed by atoms with E-state index in [9.17, 15) is 5.11 Å². The molecule has 0 fully saturated rings. The van der Waals surface area contributed by atoms with Gasteiger partial charge in [-0.1, -0.05) is 13.0 Å². The second-order valence-corrected chi connectivity index (χ2v) is 5.18. The molecular weight excluding hydrogens is 242 g/mol. The van der Waals surface area contributed by atoms with Crippen LogP contribution in [0.1, 0.15) is 32.8 Å². The molecule has 0 radical (unpaired) electrons. The molecule has 1 rings (SSSR count). The average Bonchev–Trinajstić information content (AvgIpc) is 2.35. The molecule has 4 nitrogen and oxygen atoms in total. The van der Waals surface area contributed by atoms with Crippen molar-refractivity contribution in [2.75, 3.05) is 20.3 Å². The molecule has 0 aromatic heterocycles. The molecule has 0 aliphatic rings. The number of hydrogen-bond acceptors (Lipinski definition) is 4. The van der Waals surface area contributed by atoms with Crippen molar-refractivity contribution < 1.29 is 14.6 Å². The van der Waals surface area contributed by atoms with Gasteiger partial charge in [0.2, 0.25) is 0 Å². The van der Waals surface area contributed by atoms with E-state index >= 15 is 0 Å². The Morgan fingerprint density at radius 1 is 1.26 bits per heavy atom. The maximum atomic E-state index is 9.67. The fourth-order valence-corrected chi connectivity index (χ4v) is 1.62. The van der Waals surface area contributed by atoms with Gasteiger partial charge < -0.3 is 19.9 Å². The van der Waals surface area contributed by atoms with E-state index < -0.39 is 5.60 Å². The van der Waals surface area contributed by atoms with E-state index in [0.717, 1.165) is 30.2 Å². The number of rotatable bonds is 8. The summed E-state index contributed by atoms with van der Waals surface area (Å²) in [6, 6.07) is 5.91. The fraction of sp³-hybridized carbons (Fsp3) is 0.600. The SMILES string of the molecule is CCNCc1ccc(OC)c(OCCC(C)(C)O)c1. The molecule has 0 spiro atoms. The molecule has 0 unspecified atom stereocenters. The molecule has 0 amide bonds. The molecule has 0 saturated carbocycles. The van der Waals surface area contributed by atoms with Gasteiger partial charge in [0.25, 0.3) is 0 Å². The molecule has 0 saturated heterocycles. The van der Waals surface area contributed by atoms with Crippen molar-refractivity contribution in [3.8, 4) is 11.5 Å². The first-order valence-corrected chi connectivity index (χ1v) is 6.69. The minimum absolute atomic E-state index is 0.463. The summed E-state index contributed by atoms with van der Waals surface area (Å²) in [6.07, 6.45) is 0.577. The largest absolute Gasteiger partial charge is 0.493 e. The van der Waals surface area contributed by atoms with Gasteiger partial charge in [-0.05, 0) is 38.1 Å². The highest BCUT2D eigenvalue weighted by atomic mass is 16.5. The van der Waals surface area contributed by atoms with Crippen LogP contribution in [-0.2, 0) is 6.54 Å². The van der Waals surface area contributed by atoms with Gasteiger partial charge in [0.15, 0.2) is 11.5 Å². The highest BCUT2D eigenvalue weighted by Crippen LogP contribution is 2.28. The third-order valence-corrected chi connectivity index (χ3v) is 2.78. The van der Waals surface area contributed by atoms with Gasteiger partial charge in [-0.25, -0.2) is 0 Å². The zero-order valence-corrected chi connectivity index (χ0v) is 12.3. The Labute approximate surface area is 115 Å². The van der Waals surface area contributed by atoms with E-state index in [1.165, 1.54) is 0 Å². The molecule has 1 aromatic carbocycles. The van der Waals surface area contributed by atoms with Gasteiger partial charge in [0, 0.05) is 13.0 Å². The van der Waals surface area contributed by atoms with Crippen LogP contribution in [0.5, 0.6) is 11.5 Å². The Morgan fingerprint density at radius 2 is 2.00 bits per heavy atom. The second kappa shape index (κ2) is 7.36. The van der Waals surface area contributed by atoms with Crippen molar-refractivity contribution in [1.29, 1.82) is 0 Å². The molecule has 0 bridgehead atoms. The summed E-state index contributed by atoms with van der Waals surface area (Å²) in [7, 11) is 1.63. The number of hydrogen-bond donors (Lipinski definition) is 2. The molecule has 2 N–H and O–H groups in total. The molecule has 4 heteroatoms. The normalized spacial score (nSPS) is 11.4. The topological polar surface area (TPSA) is 50.7 Å². The maximum absolute atomic E-state index is 9.67. The Bertz CT molecular complexity index is 385. The van der Waals surface area contributed by atoms with Crippen molar-refractivity contribution in [3.05, 3.63) is 23.8 Å². The van der Waals surface area contributed by atoms with Gasteiger partial charge in [-0.15, -0.1) is 0 Å². The molecule has 108 valence electrons. The first-order valence-electron chi connectivity index (χ1n) is 6.69. The number of aliphatic hydroxyl groups is 1. The lowest BCUT2D eigenvalue weighted by Crippen LogP contribution is -2.22. The lowest BCUT2D eigenvalue weighted by atomic mass is 10.1. The summed E-state index contributed by atoms with van der Waals surface area (Å²) in [6.45, 7) is 7.82. The standard InChI is InChI=1S/C15H25NO3/c1-5-16-11-12-6-7-13(18-4)14(10-12)19-9-8-15(2,3)17/h6-7,10,16-17H,5,8-9,11H2,1-4H3. The van der Waals surface area contributed by atoms with E-state index in [-0.39, 0.29) is 0 Å². The van der Waals surface area contributed by atoms with Crippen LogP contribution < -0.4 is 14.8 Å². The summed E-state index contributed by atoms with van der Waals surface area (Å²) in [5, 5.41) is 12.9. The Balaban J connectivity index is 2.67. The van der Waals surface area contributed by atoms with Gasteiger partial charge in [0.1, 0.15) is 0 Å². The van der Waals surface area contributed by atoms with Crippen LogP contribution in [0.15, 0.2) is 18.2 Å². The number of nitrogens with one attached hydrogen (secondary N) is 1. The van der Waals surface area contributed by atoms with E-state index in [2.05, 4.69) is 12.2 Å². The summed E-state index contributed by atoms with van der Waals surface area (Å²) in [4.78, 5) is 0. The quantitative estimate of drug-likeness (QED) is 0.759. The van der Waals surface area contributed by atoms with Crippen molar-refractivity contribution in [2.45, 2.75) is 39.3 Å². The van der Waals surface area contributed by atoms with Crippen LogP contribution in [-0.4, -0.2) is 31.0 Å². The van der Waals surface area contributed by atoms with Crippen molar-refractivity contribution in [2.24, 2.45) is 0 Å². The van der Waals surface area contributed by atoms with Crippen LogP contribution in [0.3, 0.4) is 0 Å². The third-order valence-electron chi connectivity index (χ3n) is 2.78. The Morgan fingerprint density at radius 3 is 2.58 bits per heavy atom. The van der Waals surface area contributed by atoms with Crippen molar-refractivity contribution in [1.82, 2.24) is 5.32 Å². The first kappa shape index (κ1) is 15.8. The molecule has 0 atom stereocenters. The molecule has 0 aliphatic carbocycles. The third kappa shape index (κ3) is 5.94. The second-order valence-electron chi connectivity index (χ2n) is 5.18. The fourth-order valence-electron chi connectivity index (χ4n) is 1.62. The van der Waals surface area contributed by atoms with E-state index in [4.69, 9.17) is 9.47 Å². The summed E-state index contributed by atoms with van der Waals surface area (Å²) in [5.74, 6) is 1.44. The predicted molar refractivity (Wildman–Crippen MR) is 76.8 cm³/mol. The summed E-state index contributed by atoms with van der Waals surface area (Å²) < 4.78 is 11.0. The average molecular weight is 267 g/mol. The molecule has 1 aromatic rings. The van der Waals surface area contributed by atoms with E-state index in [1.807, 2.05) is 18.2 Å². The van der Waals surface area contributed by atoms with E-state index in [1.54, 1.807) is 21.0 Å². The minimum Gasteiger partial charge on any atom is -0.493 e. The number of methoxy groups -OCH3 is 1. The zero-order valence-electron chi connectivity index (χ0n) is 12.3. The summed E-state index contributed by atoms with van der Waals surface area (Å²) >= 11 is 0. The van der Waals surface area contributed by atoms with Gasteiger partial charge in [-0.2, -0.15) is 0 Å². The number of ether oxygens (including phenoxy) is 2. The van der Waals surface area contributed by atoms with Gasteiger partial charge in [0.05, 0.1) is 19.3 Å². The summed E-state index contributed by atoms with van der Waals surface area (Å²) in [5.41, 5.74) is 0.440. The minimum atomic E-state index is -0.714. The Hall–Kier alpha value is -1.26. The smallest absolute Gasteiger partial charge is 0.161 e. The molecule has 0 heterocycles. The maximum Gasteiger partial charge on any atom is 0.161 e. The highest BCUT2D eigenvalue weighted by molar-refractivity contribution is 5.42. The van der Waals surface area contributed by atoms with Gasteiger partial charge >= 0.3 is 0 Å². The number of benzene rings is 1. The van der Waals surface area contributed by atoms with Gasteiger partial charge in [-0.3, -0.25) is 0 Å².